The first-order valence-corrected chi connectivity index (χ1v) is 9.96. The summed E-state index contributed by atoms with van der Waals surface area (Å²) in [7, 11) is 1.62. The Balaban J connectivity index is 1.54. The molecule has 1 aliphatic heterocycles. The van der Waals surface area contributed by atoms with Crippen molar-refractivity contribution >= 4 is 17.0 Å². The minimum absolute atomic E-state index is 0.208. The molecule has 1 unspecified atom stereocenters. The highest BCUT2D eigenvalue weighted by molar-refractivity contribution is 5.82. The first-order chi connectivity index (χ1) is 15.2. The fourth-order valence-electron chi connectivity index (χ4n) is 3.59. The molecule has 8 nitrogen and oxygen atoms in total. The fraction of sp³-hybridized carbons (Fsp3) is 0.217. The SMILES string of the molecule is COCc1ccc(Oc2cc3nc(-c4ccccn4)[nH]c3cc2C2CCC(=O)O2)cn1. The molecule has 1 aromatic carbocycles. The van der Waals surface area contributed by atoms with Crippen molar-refractivity contribution in [2.24, 2.45) is 0 Å². The number of nitrogens with zero attached hydrogens (tertiary/aromatic N) is 3. The number of pyridine rings is 2. The van der Waals surface area contributed by atoms with Crippen molar-refractivity contribution in [1.82, 2.24) is 19.9 Å². The van der Waals surface area contributed by atoms with E-state index in [0.29, 0.717) is 36.8 Å². The summed E-state index contributed by atoms with van der Waals surface area (Å²) in [6.45, 7) is 0.430. The quantitative estimate of drug-likeness (QED) is 0.467. The molecule has 3 aromatic heterocycles. The van der Waals surface area contributed by atoms with E-state index in [0.717, 1.165) is 28.0 Å². The van der Waals surface area contributed by atoms with Crippen molar-refractivity contribution in [2.45, 2.75) is 25.6 Å². The Hall–Kier alpha value is -3.78. The summed E-state index contributed by atoms with van der Waals surface area (Å²) in [6, 6.07) is 13.1. The molecule has 4 heterocycles. The van der Waals surface area contributed by atoms with Gasteiger partial charge in [-0.3, -0.25) is 14.8 Å². The topological polar surface area (TPSA) is 99.2 Å². The lowest BCUT2D eigenvalue weighted by Crippen LogP contribution is -2.02. The molecule has 0 aliphatic carbocycles. The lowest BCUT2D eigenvalue weighted by Gasteiger charge is -2.15. The van der Waals surface area contributed by atoms with Crippen LogP contribution in [0.3, 0.4) is 0 Å². The average molecular weight is 416 g/mol. The Bertz CT molecular complexity index is 1220. The van der Waals surface area contributed by atoms with Crippen molar-refractivity contribution < 1.29 is 19.0 Å². The highest BCUT2D eigenvalue weighted by Gasteiger charge is 2.28. The third-order valence-corrected chi connectivity index (χ3v) is 5.07. The second-order valence-corrected chi connectivity index (χ2v) is 7.25. The van der Waals surface area contributed by atoms with Crippen LogP contribution in [0.2, 0.25) is 0 Å². The molecule has 8 heteroatoms. The summed E-state index contributed by atoms with van der Waals surface area (Å²) >= 11 is 0. The number of nitrogens with one attached hydrogen (secondary N) is 1. The third-order valence-electron chi connectivity index (χ3n) is 5.07. The molecule has 31 heavy (non-hydrogen) atoms. The Morgan fingerprint density at radius 2 is 2.13 bits per heavy atom. The maximum absolute atomic E-state index is 11.7. The van der Waals surface area contributed by atoms with Gasteiger partial charge in [-0.25, -0.2) is 4.98 Å². The van der Waals surface area contributed by atoms with E-state index in [1.165, 1.54) is 0 Å². The molecule has 0 radical (unpaired) electrons. The van der Waals surface area contributed by atoms with Gasteiger partial charge >= 0.3 is 5.97 Å². The van der Waals surface area contributed by atoms with E-state index in [-0.39, 0.29) is 12.1 Å². The Morgan fingerprint density at radius 3 is 2.84 bits per heavy atom. The summed E-state index contributed by atoms with van der Waals surface area (Å²) in [5, 5.41) is 0. The van der Waals surface area contributed by atoms with Crippen LogP contribution in [0.5, 0.6) is 11.5 Å². The van der Waals surface area contributed by atoms with Crippen molar-refractivity contribution in [1.29, 1.82) is 0 Å². The summed E-state index contributed by atoms with van der Waals surface area (Å²) < 4.78 is 16.8. The molecular formula is C23H20N4O4. The number of hydrogen-bond donors (Lipinski definition) is 1. The molecule has 1 N–H and O–H groups in total. The summed E-state index contributed by atoms with van der Waals surface area (Å²) in [5.41, 5.74) is 3.89. The van der Waals surface area contributed by atoms with Gasteiger partial charge in [-0.2, -0.15) is 0 Å². The summed E-state index contributed by atoms with van der Waals surface area (Å²) in [5.74, 6) is 1.60. The van der Waals surface area contributed by atoms with E-state index < -0.39 is 0 Å². The van der Waals surface area contributed by atoms with Crippen LogP contribution in [0.15, 0.2) is 54.9 Å². The predicted molar refractivity (Wildman–Crippen MR) is 112 cm³/mol. The molecule has 4 aromatic rings. The first kappa shape index (κ1) is 19.2. The maximum atomic E-state index is 11.7. The maximum Gasteiger partial charge on any atom is 0.306 e. The van der Waals surface area contributed by atoms with Gasteiger partial charge in [0.1, 0.15) is 23.3 Å². The van der Waals surface area contributed by atoms with E-state index in [1.54, 1.807) is 19.5 Å². The van der Waals surface area contributed by atoms with E-state index in [1.807, 2.05) is 42.5 Å². The smallest absolute Gasteiger partial charge is 0.306 e. The van der Waals surface area contributed by atoms with Gasteiger partial charge < -0.3 is 19.2 Å². The van der Waals surface area contributed by atoms with Crippen LogP contribution in [0.25, 0.3) is 22.6 Å². The highest BCUT2D eigenvalue weighted by Crippen LogP contribution is 2.39. The van der Waals surface area contributed by atoms with Crippen molar-refractivity contribution in [3.05, 3.63) is 66.1 Å². The summed E-state index contributed by atoms with van der Waals surface area (Å²) in [6.07, 6.45) is 3.99. The van der Waals surface area contributed by atoms with Crippen LogP contribution >= 0.6 is 0 Å². The molecule has 1 aliphatic rings. The standard InChI is InChI=1S/C23H20N4O4/c1-29-13-14-5-6-15(12-25-14)30-21-11-19-18(10-16(21)20-7-8-22(28)31-20)26-23(27-19)17-4-2-3-9-24-17/h2-6,9-12,20H,7-8,13H2,1H3,(H,26,27). The number of methoxy groups -OCH3 is 1. The fourth-order valence-corrected chi connectivity index (χ4v) is 3.59. The number of aromatic amines is 1. The second kappa shape index (κ2) is 8.16. The molecule has 1 saturated heterocycles. The zero-order valence-corrected chi connectivity index (χ0v) is 16.9. The van der Waals surface area contributed by atoms with Gasteiger partial charge in [0, 0.05) is 31.4 Å². The lowest BCUT2D eigenvalue weighted by molar-refractivity contribution is -0.141. The number of esters is 1. The van der Waals surface area contributed by atoms with Crippen molar-refractivity contribution in [3.63, 3.8) is 0 Å². The Kier molecular flexibility index (Phi) is 5.05. The highest BCUT2D eigenvalue weighted by atomic mass is 16.6. The molecular weight excluding hydrogens is 396 g/mol. The number of imidazole rings is 1. The molecule has 0 bridgehead atoms. The number of H-pyrrole nitrogens is 1. The van der Waals surface area contributed by atoms with Gasteiger partial charge in [-0.05, 0) is 36.8 Å². The van der Waals surface area contributed by atoms with Crippen LogP contribution in [0.4, 0.5) is 0 Å². The Morgan fingerprint density at radius 1 is 1.19 bits per heavy atom. The number of carbonyl (C=O) groups is 1. The van der Waals surface area contributed by atoms with Crippen LogP contribution < -0.4 is 4.74 Å². The second-order valence-electron chi connectivity index (χ2n) is 7.25. The average Bonchev–Trinajstić information content (AvgIpc) is 3.41. The van der Waals surface area contributed by atoms with Gasteiger partial charge in [0.25, 0.3) is 0 Å². The number of ether oxygens (including phenoxy) is 3. The van der Waals surface area contributed by atoms with Gasteiger partial charge in [-0.1, -0.05) is 6.07 Å². The Labute approximate surface area is 178 Å². The molecule has 1 atom stereocenters. The molecule has 0 saturated carbocycles. The monoisotopic (exact) mass is 416 g/mol. The van der Waals surface area contributed by atoms with Gasteiger partial charge in [0.15, 0.2) is 5.82 Å². The summed E-state index contributed by atoms with van der Waals surface area (Å²) in [4.78, 5) is 28.4. The van der Waals surface area contributed by atoms with Crippen molar-refractivity contribution in [3.8, 4) is 23.0 Å². The lowest BCUT2D eigenvalue weighted by atomic mass is 10.0. The molecule has 1 fully saturated rings. The molecule has 5 rings (SSSR count). The van der Waals surface area contributed by atoms with Crippen LogP contribution in [0.1, 0.15) is 30.2 Å². The van der Waals surface area contributed by atoms with Gasteiger partial charge in [-0.15, -0.1) is 0 Å². The number of aromatic nitrogens is 4. The first-order valence-electron chi connectivity index (χ1n) is 9.96. The molecule has 0 amide bonds. The van der Waals surface area contributed by atoms with E-state index in [9.17, 15) is 4.79 Å². The number of hydrogen-bond acceptors (Lipinski definition) is 7. The number of cyclic esters (lactones) is 1. The van der Waals surface area contributed by atoms with Gasteiger partial charge in [0.05, 0.1) is 29.5 Å². The van der Waals surface area contributed by atoms with E-state index in [4.69, 9.17) is 14.2 Å². The third kappa shape index (κ3) is 3.97. The van der Waals surface area contributed by atoms with E-state index >= 15 is 0 Å². The number of carbonyl (C=O) groups excluding carboxylic acids is 1. The molecule has 156 valence electrons. The van der Waals surface area contributed by atoms with Gasteiger partial charge in [0.2, 0.25) is 0 Å². The number of fused-ring (bicyclic) bond motifs is 1. The van der Waals surface area contributed by atoms with E-state index in [2.05, 4.69) is 19.9 Å². The number of rotatable bonds is 6. The van der Waals surface area contributed by atoms with Crippen molar-refractivity contribution in [2.75, 3.05) is 7.11 Å². The largest absolute Gasteiger partial charge is 0.457 e. The van der Waals surface area contributed by atoms with Crippen LogP contribution in [0, 0.1) is 0 Å². The minimum atomic E-state index is -0.366. The minimum Gasteiger partial charge on any atom is -0.457 e. The number of benzene rings is 1. The zero-order valence-electron chi connectivity index (χ0n) is 16.9. The van der Waals surface area contributed by atoms with Crippen LogP contribution in [-0.2, 0) is 20.9 Å². The van der Waals surface area contributed by atoms with Crippen LogP contribution in [-0.4, -0.2) is 33.0 Å². The zero-order chi connectivity index (χ0) is 21.2. The normalized spacial score (nSPS) is 15.9. The predicted octanol–water partition coefficient (Wildman–Crippen LogP) is 4.34. The molecule has 0 spiro atoms.